The van der Waals surface area contributed by atoms with Crippen LogP contribution in [0.3, 0.4) is 0 Å². The van der Waals surface area contributed by atoms with Gasteiger partial charge in [0.15, 0.2) is 0 Å². The van der Waals surface area contributed by atoms with E-state index in [2.05, 4.69) is 17.1 Å². The second kappa shape index (κ2) is 9.68. The number of halogens is 1. The van der Waals surface area contributed by atoms with Crippen molar-refractivity contribution in [3.8, 4) is 0 Å². The summed E-state index contributed by atoms with van der Waals surface area (Å²) in [6.07, 6.45) is 10.1. The summed E-state index contributed by atoms with van der Waals surface area (Å²) in [5.41, 5.74) is 0. The highest BCUT2D eigenvalue weighted by Crippen LogP contribution is 2.32. The number of amides is 1. The van der Waals surface area contributed by atoms with Crippen molar-refractivity contribution >= 4 is 18.3 Å². The number of nitrogens with zero attached hydrogens (tertiary/aromatic N) is 1. The van der Waals surface area contributed by atoms with Crippen LogP contribution in [0.15, 0.2) is 0 Å². The predicted octanol–water partition coefficient (Wildman–Crippen LogP) is 3.47. The van der Waals surface area contributed by atoms with Crippen LogP contribution in [0.2, 0.25) is 0 Å². The average molecular weight is 317 g/mol. The Morgan fingerprint density at radius 3 is 2.48 bits per heavy atom. The molecule has 4 heteroatoms. The Bertz CT molecular complexity index is 303. The molecule has 1 N–H and O–H groups in total. The van der Waals surface area contributed by atoms with E-state index in [1.54, 1.807) is 0 Å². The fraction of sp³-hybridized carbons (Fsp3) is 0.941. The number of carbonyl (C=O) groups excluding carboxylic acids is 1. The lowest BCUT2D eigenvalue weighted by Gasteiger charge is -2.35. The zero-order chi connectivity index (χ0) is 14.4. The molecule has 2 aliphatic rings. The molecule has 0 aromatic rings. The quantitative estimate of drug-likeness (QED) is 0.813. The van der Waals surface area contributed by atoms with Crippen LogP contribution in [0, 0.1) is 17.8 Å². The summed E-state index contributed by atoms with van der Waals surface area (Å²) in [5.74, 6) is 2.20. The first-order chi connectivity index (χ1) is 9.74. The molecular weight excluding hydrogens is 284 g/mol. The minimum Gasteiger partial charge on any atom is -0.342 e. The molecule has 21 heavy (non-hydrogen) atoms. The Morgan fingerprint density at radius 2 is 1.86 bits per heavy atom. The molecule has 2 rings (SSSR count). The minimum atomic E-state index is 0. The third kappa shape index (κ3) is 5.45. The smallest absolute Gasteiger partial charge is 0.225 e. The Kier molecular flexibility index (Phi) is 8.65. The maximum absolute atomic E-state index is 12.8. The van der Waals surface area contributed by atoms with Gasteiger partial charge in [0.05, 0.1) is 0 Å². The van der Waals surface area contributed by atoms with Crippen molar-refractivity contribution in [2.75, 3.05) is 26.7 Å². The Balaban J connectivity index is 0.00000220. The van der Waals surface area contributed by atoms with Gasteiger partial charge in [0.25, 0.3) is 0 Å². The van der Waals surface area contributed by atoms with E-state index in [0.29, 0.717) is 11.8 Å². The lowest BCUT2D eigenvalue weighted by molar-refractivity contribution is -0.138. The van der Waals surface area contributed by atoms with E-state index in [-0.39, 0.29) is 18.3 Å². The highest BCUT2D eigenvalue weighted by Gasteiger charge is 2.30. The van der Waals surface area contributed by atoms with Gasteiger partial charge >= 0.3 is 0 Å². The van der Waals surface area contributed by atoms with E-state index < -0.39 is 0 Å². The van der Waals surface area contributed by atoms with Gasteiger partial charge in [0.1, 0.15) is 0 Å². The predicted molar refractivity (Wildman–Crippen MR) is 90.8 cm³/mol. The number of nitrogens with one attached hydrogen (secondary N) is 1. The monoisotopic (exact) mass is 316 g/mol. The number of hydrogen-bond acceptors (Lipinski definition) is 2. The summed E-state index contributed by atoms with van der Waals surface area (Å²) < 4.78 is 0. The fourth-order valence-corrected chi connectivity index (χ4v) is 4.07. The van der Waals surface area contributed by atoms with Gasteiger partial charge in [0, 0.05) is 19.0 Å². The zero-order valence-corrected chi connectivity index (χ0v) is 14.6. The van der Waals surface area contributed by atoms with E-state index >= 15 is 0 Å². The van der Waals surface area contributed by atoms with Crippen LogP contribution in [0.5, 0.6) is 0 Å². The van der Waals surface area contributed by atoms with E-state index in [4.69, 9.17) is 0 Å². The molecule has 1 aliphatic carbocycles. The molecule has 0 radical (unpaired) electrons. The third-order valence-electron chi connectivity index (χ3n) is 5.26. The lowest BCUT2D eigenvalue weighted by atomic mass is 9.89. The van der Waals surface area contributed by atoms with Crippen molar-refractivity contribution in [1.29, 1.82) is 0 Å². The first kappa shape index (κ1) is 18.8. The molecule has 1 heterocycles. The number of hydrogen-bond donors (Lipinski definition) is 1. The van der Waals surface area contributed by atoms with Gasteiger partial charge < -0.3 is 10.2 Å². The number of likely N-dealkylation sites (tertiary alicyclic amines) is 1. The zero-order valence-electron chi connectivity index (χ0n) is 13.8. The van der Waals surface area contributed by atoms with Crippen LogP contribution in [-0.2, 0) is 4.79 Å². The van der Waals surface area contributed by atoms with E-state index in [1.807, 2.05) is 7.05 Å². The summed E-state index contributed by atoms with van der Waals surface area (Å²) >= 11 is 0. The molecule has 2 fully saturated rings. The third-order valence-corrected chi connectivity index (χ3v) is 5.26. The maximum atomic E-state index is 12.8. The molecule has 2 atom stereocenters. The minimum absolute atomic E-state index is 0. The molecule has 1 saturated heterocycles. The van der Waals surface area contributed by atoms with Crippen LogP contribution in [0.4, 0.5) is 0 Å². The number of carbonyl (C=O) groups is 1. The van der Waals surface area contributed by atoms with E-state index in [1.165, 1.54) is 38.5 Å². The normalized spacial score (nSPS) is 24.7. The van der Waals surface area contributed by atoms with Gasteiger partial charge in [-0.05, 0) is 51.1 Å². The van der Waals surface area contributed by atoms with Gasteiger partial charge in [-0.15, -0.1) is 12.4 Å². The van der Waals surface area contributed by atoms with Crippen LogP contribution >= 0.6 is 12.4 Å². The van der Waals surface area contributed by atoms with E-state index in [0.717, 1.165) is 38.4 Å². The van der Waals surface area contributed by atoms with Crippen LogP contribution in [0.1, 0.15) is 58.3 Å². The fourth-order valence-electron chi connectivity index (χ4n) is 4.07. The molecule has 1 saturated carbocycles. The largest absolute Gasteiger partial charge is 0.342 e. The van der Waals surface area contributed by atoms with Crippen LogP contribution in [0.25, 0.3) is 0 Å². The molecule has 0 aromatic heterocycles. The van der Waals surface area contributed by atoms with Gasteiger partial charge in [-0.25, -0.2) is 0 Å². The first-order valence-electron chi connectivity index (χ1n) is 8.68. The molecule has 0 aromatic carbocycles. The maximum Gasteiger partial charge on any atom is 0.225 e. The molecule has 2 unspecified atom stereocenters. The Morgan fingerprint density at radius 1 is 1.19 bits per heavy atom. The Hall–Kier alpha value is -0.280. The van der Waals surface area contributed by atoms with Crippen molar-refractivity contribution in [3.63, 3.8) is 0 Å². The highest BCUT2D eigenvalue weighted by atomic mass is 35.5. The SMILES string of the molecule is CCC(CC1CCCC1)C(=O)N1CCCC(CNC)C1.Cl. The molecule has 3 nitrogen and oxygen atoms in total. The van der Waals surface area contributed by atoms with Crippen molar-refractivity contribution in [2.45, 2.75) is 58.3 Å². The van der Waals surface area contributed by atoms with Crippen molar-refractivity contribution in [1.82, 2.24) is 10.2 Å². The average Bonchev–Trinajstić information content (AvgIpc) is 2.98. The van der Waals surface area contributed by atoms with Gasteiger partial charge in [0.2, 0.25) is 5.91 Å². The van der Waals surface area contributed by atoms with Crippen LogP contribution < -0.4 is 5.32 Å². The highest BCUT2D eigenvalue weighted by molar-refractivity contribution is 5.85. The standard InChI is InChI=1S/C17H32N2O.ClH/c1-3-16(11-14-7-4-5-8-14)17(20)19-10-6-9-15(13-19)12-18-2;/h14-16,18H,3-13H2,1-2H3;1H. The lowest BCUT2D eigenvalue weighted by Crippen LogP contribution is -2.45. The summed E-state index contributed by atoms with van der Waals surface area (Å²) in [5, 5.41) is 3.26. The summed E-state index contributed by atoms with van der Waals surface area (Å²) in [4.78, 5) is 14.9. The molecule has 1 amide bonds. The Labute approximate surface area is 136 Å². The van der Waals surface area contributed by atoms with Crippen molar-refractivity contribution < 1.29 is 4.79 Å². The summed E-state index contributed by atoms with van der Waals surface area (Å²) in [6, 6.07) is 0. The topological polar surface area (TPSA) is 32.3 Å². The number of piperidine rings is 1. The second-order valence-electron chi connectivity index (χ2n) is 6.84. The molecule has 0 spiro atoms. The van der Waals surface area contributed by atoms with Crippen LogP contribution in [-0.4, -0.2) is 37.5 Å². The van der Waals surface area contributed by atoms with Gasteiger partial charge in [-0.3, -0.25) is 4.79 Å². The van der Waals surface area contributed by atoms with E-state index in [9.17, 15) is 4.79 Å². The van der Waals surface area contributed by atoms with Gasteiger partial charge in [-0.1, -0.05) is 32.6 Å². The summed E-state index contributed by atoms with van der Waals surface area (Å²) in [7, 11) is 2.01. The first-order valence-corrected chi connectivity index (χ1v) is 8.68. The molecule has 124 valence electrons. The van der Waals surface area contributed by atoms with Crippen molar-refractivity contribution in [2.24, 2.45) is 17.8 Å². The van der Waals surface area contributed by atoms with Crippen molar-refractivity contribution in [3.05, 3.63) is 0 Å². The number of rotatable bonds is 6. The molecule has 1 aliphatic heterocycles. The molecule has 0 bridgehead atoms. The van der Waals surface area contributed by atoms with Gasteiger partial charge in [-0.2, -0.15) is 0 Å². The second-order valence-corrected chi connectivity index (χ2v) is 6.84. The summed E-state index contributed by atoms with van der Waals surface area (Å²) in [6.45, 7) is 5.19. The molecular formula is C17H33ClN2O.